The van der Waals surface area contributed by atoms with Crippen LogP contribution < -0.4 is 5.73 Å². The third kappa shape index (κ3) is 1.41. The van der Waals surface area contributed by atoms with Crippen molar-refractivity contribution in [1.82, 2.24) is 4.90 Å². The van der Waals surface area contributed by atoms with Crippen LogP contribution in [0.5, 0.6) is 0 Å². The van der Waals surface area contributed by atoms with Gasteiger partial charge < -0.3 is 10.6 Å². The maximum absolute atomic E-state index is 12.7. The van der Waals surface area contributed by atoms with Gasteiger partial charge in [-0.25, -0.2) is 8.78 Å². The van der Waals surface area contributed by atoms with E-state index >= 15 is 0 Å². The van der Waals surface area contributed by atoms with E-state index in [9.17, 15) is 13.6 Å². The molecule has 1 aliphatic rings. The maximum Gasteiger partial charge on any atom is 0.265 e. The molecule has 3 nitrogen and oxygen atoms in total. The minimum atomic E-state index is -2.85. The number of β-lactam (4-membered cyclic amide) rings is 1. The number of nitrogens with two attached hydrogens (primary N) is 1. The molecule has 0 aromatic heterocycles. The summed E-state index contributed by atoms with van der Waals surface area (Å²) in [6, 6.07) is -1.63. The minimum Gasteiger partial charge on any atom is -0.330 e. The molecule has 70 valence electrons. The number of amides is 1. The van der Waals surface area contributed by atoms with Crippen LogP contribution in [-0.4, -0.2) is 35.4 Å². The molecule has 1 rings (SSSR count). The lowest BCUT2D eigenvalue weighted by Crippen LogP contribution is -2.66. The molecule has 2 N–H and O–H groups in total. The van der Waals surface area contributed by atoms with E-state index < -0.39 is 18.0 Å². The average Bonchev–Trinajstić information content (AvgIpc) is 1.96. The van der Waals surface area contributed by atoms with Crippen molar-refractivity contribution in [2.75, 3.05) is 6.54 Å². The summed E-state index contributed by atoms with van der Waals surface area (Å²) in [6.45, 7) is 2.36. The largest absolute Gasteiger partial charge is 0.330 e. The van der Waals surface area contributed by atoms with Crippen molar-refractivity contribution >= 4 is 5.91 Å². The molecule has 0 radical (unpaired) electrons. The molecule has 12 heavy (non-hydrogen) atoms. The van der Waals surface area contributed by atoms with E-state index in [-0.39, 0.29) is 12.5 Å². The molecule has 0 aromatic rings. The molecule has 1 fully saturated rings. The number of rotatable bonds is 2. The topological polar surface area (TPSA) is 46.3 Å². The van der Waals surface area contributed by atoms with Crippen LogP contribution >= 0.6 is 0 Å². The predicted octanol–water partition coefficient (Wildman–Crippen LogP) is 0.200. The number of likely N-dealkylation sites (tertiary alicyclic amines) is 1. The molecule has 0 aliphatic carbocycles. The molecule has 1 heterocycles. The van der Waals surface area contributed by atoms with E-state index in [0.29, 0.717) is 0 Å². The van der Waals surface area contributed by atoms with Gasteiger partial charge in [0, 0.05) is 13.5 Å². The second-order valence-corrected chi connectivity index (χ2v) is 3.23. The van der Waals surface area contributed by atoms with Crippen LogP contribution in [0.3, 0.4) is 0 Å². The molecule has 1 aliphatic heterocycles. The highest BCUT2D eigenvalue weighted by Crippen LogP contribution is 2.25. The Labute approximate surface area is 69.5 Å². The quantitative estimate of drug-likeness (QED) is 0.614. The van der Waals surface area contributed by atoms with Gasteiger partial charge in [-0.3, -0.25) is 4.79 Å². The Morgan fingerprint density at radius 2 is 2.25 bits per heavy atom. The molecular weight excluding hydrogens is 166 g/mol. The van der Waals surface area contributed by atoms with Gasteiger partial charge in [0.25, 0.3) is 5.92 Å². The molecule has 2 atom stereocenters. The molecule has 2 unspecified atom stereocenters. The average molecular weight is 178 g/mol. The van der Waals surface area contributed by atoms with Crippen molar-refractivity contribution in [3.05, 3.63) is 0 Å². The summed E-state index contributed by atoms with van der Waals surface area (Å²) in [5, 5.41) is 0. The van der Waals surface area contributed by atoms with E-state index in [1.165, 1.54) is 6.92 Å². The van der Waals surface area contributed by atoms with Crippen molar-refractivity contribution in [3.63, 3.8) is 0 Å². The number of alkyl halides is 2. The summed E-state index contributed by atoms with van der Waals surface area (Å²) < 4.78 is 25.3. The lowest BCUT2D eigenvalue weighted by molar-refractivity contribution is -0.156. The number of hydrogen-bond donors (Lipinski definition) is 1. The third-order valence-corrected chi connectivity index (χ3v) is 2.19. The molecule has 1 saturated heterocycles. The normalized spacial score (nSPS) is 26.9. The number of nitrogens with zero attached hydrogens (tertiary/aromatic N) is 1. The van der Waals surface area contributed by atoms with E-state index in [1.807, 2.05) is 0 Å². The monoisotopic (exact) mass is 178 g/mol. The van der Waals surface area contributed by atoms with Gasteiger partial charge in [0.15, 0.2) is 0 Å². The van der Waals surface area contributed by atoms with Gasteiger partial charge in [-0.15, -0.1) is 0 Å². The Balaban J connectivity index is 2.57. The van der Waals surface area contributed by atoms with Gasteiger partial charge >= 0.3 is 0 Å². The molecule has 5 heteroatoms. The van der Waals surface area contributed by atoms with Gasteiger partial charge in [-0.1, -0.05) is 0 Å². The first-order chi connectivity index (χ1) is 5.34. The highest BCUT2D eigenvalue weighted by Gasteiger charge is 2.44. The standard InChI is InChI=1S/C7H12F2N2O/c1-4(7(2,8)9)11-3-5(10)6(11)12/h4-5H,3,10H2,1-2H3. The predicted molar refractivity (Wildman–Crippen MR) is 39.8 cm³/mol. The Morgan fingerprint density at radius 3 is 2.50 bits per heavy atom. The Hall–Kier alpha value is -0.710. The Morgan fingerprint density at radius 1 is 1.75 bits per heavy atom. The molecule has 0 bridgehead atoms. The molecule has 0 aromatic carbocycles. The van der Waals surface area contributed by atoms with Gasteiger partial charge in [0.05, 0.1) is 6.04 Å². The van der Waals surface area contributed by atoms with E-state index in [2.05, 4.69) is 0 Å². The lowest BCUT2D eigenvalue weighted by Gasteiger charge is -2.42. The highest BCUT2D eigenvalue weighted by molar-refractivity contribution is 5.88. The number of carbonyl (C=O) groups excluding carboxylic acids is 1. The SMILES string of the molecule is CC(N1CC(N)C1=O)C(C)(F)F. The smallest absolute Gasteiger partial charge is 0.265 e. The fourth-order valence-electron chi connectivity index (χ4n) is 1.10. The number of halogens is 2. The number of hydrogen-bond acceptors (Lipinski definition) is 2. The first-order valence-electron chi connectivity index (χ1n) is 3.78. The van der Waals surface area contributed by atoms with Crippen LogP contribution in [0.15, 0.2) is 0 Å². The second-order valence-electron chi connectivity index (χ2n) is 3.23. The summed E-state index contributed by atoms with van der Waals surface area (Å²) >= 11 is 0. The fourth-order valence-corrected chi connectivity index (χ4v) is 1.10. The first-order valence-corrected chi connectivity index (χ1v) is 3.78. The summed E-state index contributed by atoms with van der Waals surface area (Å²) in [4.78, 5) is 12.0. The summed E-state index contributed by atoms with van der Waals surface area (Å²) in [5.41, 5.74) is 5.26. The van der Waals surface area contributed by atoms with E-state index in [0.717, 1.165) is 11.8 Å². The summed E-state index contributed by atoms with van der Waals surface area (Å²) in [6.07, 6.45) is 0. The summed E-state index contributed by atoms with van der Waals surface area (Å²) in [7, 11) is 0. The van der Waals surface area contributed by atoms with Crippen LogP contribution in [0.4, 0.5) is 8.78 Å². The van der Waals surface area contributed by atoms with Crippen molar-refractivity contribution in [2.24, 2.45) is 5.73 Å². The Kier molecular flexibility index (Phi) is 2.07. The van der Waals surface area contributed by atoms with Crippen molar-refractivity contribution in [3.8, 4) is 0 Å². The van der Waals surface area contributed by atoms with Crippen LogP contribution in [0, 0.1) is 0 Å². The van der Waals surface area contributed by atoms with Crippen LogP contribution in [-0.2, 0) is 4.79 Å². The van der Waals surface area contributed by atoms with Gasteiger partial charge in [-0.05, 0) is 6.92 Å². The lowest BCUT2D eigenvalue weighted by atomic mass is 10.0. The van der Waals surface area contributed by atoms with Gasteiger partial charge in [0.1, 0.15) is 6.04 Å². The van der Waals surface area contributed by atoms with Crippen molar-refractivity contribution in [1.29, 1.82) is 0 Å². The zero-order chi connectivity index (χ0) is 9.52. The van der Waals surface area contributed by atoms with Gasteiger partial charge in [0.2, 0.25) is 5.91 Å². The van der Waals surface area contributed by atoms with E-state index in [1.54, 1.807) is 0 Å². The molecule has 0 spiro atoms. The van der Waals surface area contributed by atoms with Gasteiger partial charge in [-0.2, -0.15) is 0 Å². The highest BCUT2D eigenvalue weighted by atomic mass is 19.3. The van der Waals surface area contributed by atoms with Crippen LogP contribution in [0.25, 0.3) is 0 Å². The zero-order valence-electron chi connectivity index (χ0n) is 7.05. The minimum absolute atomic E-state index is 0.240. The third-order valence-electron chi connectivity index (χ3n) is 2.19. The van der Waals surface area contributed by atoms with Crippen molar-refractivity contribution < 1.29 is 13.6 Å². The van der Waals surface area contributed by atoms with Crippen LogP contribution in [0.2, 0.25) is 0 Å². The van der Waals surface area contributed by atoms with Crippen molar-refractivity contribution in [2.45, 2.75) is 31.9 Å². The molecule has 1 amide bonds. The number of carbonyl (C=O) groups is 1. The first kappa shape index (κ1) is 9.38. The second kappa shape index (κ2) is 2.65. The Bertz CT molecular complexity index is 202. The summed E-state index contributed by atoms with van der Waals surface area (Å²) in [5.74, 6) is -3.24. The zero-order valence-corrected chi connectivity index (χ0v) is 7.05. The maximum atomic E-state index is 12.7. The van der Waals surface area contributed by atoms with E-state index in [4.69, 9.17) is 5.73 Å². The molecule has 0 saturated carbocycles. The van der Waals surface area contributed by atoms with Crippen LogP contribution in [0.1, 0.15) is 13.8 Å². The molecular formula is C7H12F2N2O. The fraction of sp³-hybridized carbons (Fsp3) is 0.857.